The van der Waals surface area contributed by atoms with Gasteiger partial charge in [-0.2, -0.15) is 0 Å². The second-order valence-corrected chi connectivity index (χ2v) is 6.54. The Hall–Kier alpha value is -1.32. The van der Waals surface area contributed by atoms with Crippen LogP contribution >= 0.6 is 22.6 Å². The van der Waals surface area contributed by atoms with E-state index >= 15 is 0 Å². The van der Waals surface area contributed by atoms with Gasteiger partial charge in [-0.15, -0.1) is 0 Å². The molecule has 0 bridgehead atoms. The van der Waals surface area contributed by atoms with E-state index in [1.807, 2.05) is 12.1 Å². The Labute approximate surface area is 124 Å². The molecule has 100 valence electrons. The van der Waals surface area contributed by atoms with E-state index in [2.05, 4.69) is 22.6 Å². The summed E-state index contributed by atoms with van der Waals surface area (Å²) in [5.41, 5.74) is 5.76. The lowest BCUT2D eigenvalue weighted by Gasteiger charge is -2.11. The first-order valence-electron chi connectivity index (χ1n) is 5.22. The summed E-state index contributed by atoms with van der Waals surface area (Å²) in [5.74, 6) is 0.825. The van der Waals surface area contributed by atoms with Gasteiger partial charge in [0.05, 0.1) is 5.69 Å². The lowest BCUT2D eigenvalue weighted by molar-refractivity contribution is 0.483. The van der Waals surface area contributed by atoms with E-state index in [4.69, 9.17) is 15.6 Å². The quantitative estimate of drug-likeness (QED) is 0.621. The minimum Gasteiger partial charge on any atom is -0.455 e. The maximum Gasteiger partial charge on any atom is 0.240 e. The highest BCUT2D eigenvalue weighted by Crippen LogP contribution is 2.31. The lowest BCUT2D eigenvalue weighted by atomic mass is 10.3. The Balaban J connectivity index is 2.39. The molecule has 0 atom stereocenters. The molecule has 0 fully saturated rings. The molecule has 0 aliphatic carbocycles. The number of nitrogens with two attached hydrogens (primary N) is 2. The highest BCUT2D eigenvalue weighted by Gasteiger charge is 2.15. The van der Waals surface area contributed by atoms with Crippen LogP contribution in [-0.4, -0.2) is 8.42 Å². The van der Waals surface area contributed by atoms with E-state index in [0.717, 1.165) is 3.57 Å². The van der Waals surface area contributed by atoms with Crippen molar-refractivity contribution in [2.75, 3.05) is 5.73 Å². The van der Waals surface area contributed by atoms with E-state index in [1.165, 1.54) is 12.1 Å². The number of hydrogen-bond acceptors (Lipinski definition) is 4. The van der Waals surface area contributed by atoms with Crippen LogP contribution in [0.5, 0.6) is 11.5 Å². The fourth-order valence-electron chi connectivity index (χ4n) is 1.49. The monoisotopic (exact) mass is 390 g/mol. The van der Waals surface area contributed by atoms with E-state index in [-0.39, 0.29) is 16.3 Å². The third kappa shape index (κ3) is 3.37. The smallest absolute Gasteiger partial charge is 0.240 e. The number of nitrogen functional groups attached to an aromatic ring is 1. The maximum absolute atomic E-state index is 11.3. The van der Waals surface area contributed by atoms with Crippen LogP contribution in [0.15, 0.2) is 47.4 Å². The highest BCUT2D eigenvalue weighted by molar-refractivity contribution is 14.1. The summed E-state index contributed by atoms with van der Waals surface area (Å²) in [6.45, 7) is 0. The summed E-state index contributed by atoms with van der Waals surface area (Å²) in [6, 6.07) is 11.7. The molecule has 0 aliphatic rings. The zero-order valence-corrected chi connectivity index (χ0v) is 12.7. The van der Waals surface area contributed by atoms with Gasteiger partial charge in [0.2, 0.25) is 10.0 Å². The van der Waals surface area contributed by atoms with Crippen molar-refractivity contribution in [3.63, 3.8) is 0 Å². The molecule has 0 spiro atoms. The summed E-state index contributed by atoms with van der Waals surface area (Å²) in [7, 11) is -3.86. The molecule has 0 unspecified atom stereocenters. The average molecular weight is 390 g/mol. The van der Waals surface area contributed by atoms with Gasteiger partial charge in [-0.3, -0.25) is 0 Å². The molecule has 0 radical (unpaired) electrons. The molecule has 2 aromatic carbocycles. The van der Waals surface area contributed by atoms with Crippen molar-refractivity contribution in [1.82, 2.24) is 0 Å². The summed E-state index contributed by atoms with van der Waals surface area (Å²) >= 11 is 2.17. The van der Waals surface area contributed by atoms with Crippen molar-refractivity contribution < 1.29 is 13.2 Å². The fraction of sp³-hybridized carbons (Fsp3) is 0. The molecule has 19 heavy (non-hydrogen) atoms. The first-order valence-corrected chi connectivity index (χ1v) is 7.85. The van der Waals surface area contributed by atoms with E-state index < -0.39 is 10.0 Å². The number of halogens is 1. The van der Waals surface area contributed by atoms with Crippen molar-refractivity contribution in [2.24, 2.45) is 5.14 Å². The Morgan fingerprint density at radius 1 is 1.05 bits per heavy atom. The Kier molecular flexibility index (Phi) is 3.97. The van der Waals surface area contributed by atoms with Crippen LogP contribution in [0, 0.1) is 3.57 Å². The summed E-state index contributed by atoms with van der Waals surface area (Å²) in [4.78, 5) is -0.143. The SMILES string of the molecule is Nc1c(Oc2ccc(I)cc2)cccc1S(N)(=O)=O. The summed E-state index contributed by atoms with van der Waals surface area (Å²) < 4.78 is 29.3. The third-order valence-corrected chi connectivity index (χ3v) is 4.06. The van der Waals surface area contributed by atoms with Gasteiger partial charge in [-0.05, 0) is 59.0 Å². The van der Waals surface area contributed by atoms with Crippen LogP contribution in [0.3, 0.4) is 0 Å². The normalized spacial score (nSPS) is 11.3. The number of sulfonamides is 1. The zero-order chi connectivity index (χ0) is 14.0. The molecular formula is C12H11IN2O3S. The van der Waals surface area contributed by atoms with Gasteiger partial charge in [0.25, 0.3) is 0 Å². The van der Waals surface area contributed by atoms with Crippen LogP contribution in [0.1, 0.15) is 0 Å². The predicted molar refractivity (Wildman–Crippen MR) is 81.5 cm³/mol. The van der Waals surface area contributed by atoms with Gasteiger partial charge >= 0.3 is 0 Å². The summed E-state index contributed by atoms with van der Waals surface area (Å²) in [6.07, 6.45) is 0. The molecule has 0 aromatic heterocycles. The highest BCUT2D eigenvalue weighted by atomic mass is 127. The topological polar surface area (TPSA) is 95.4 Å². The van der Waals surface area contributed by atoms with Gasteiger partial charge in [0.15, 0.2) is 5.75 Å². The predicted octanol–water partition coefficient (Wildman–Crippen LogP) is 2.31. The molecule has 0 saturated heterocycles. The molecule has 0 heterocycles. The Bertz CT molecular complexity index is 699. The van der Waals surface area contributed by atoms with Crippen LogP contribution in [0.2, 0.25) is 0 Å². The van der Waals surface area contributed by atoms with Crippen molar-refractivity contribution in [1.29, 1.82) is 0 Å². The van der Waals surface area contributed by atoms with Crippen LogP contribution < -0.4 is 15.6 Å². The van der Waals surface area contributed by atoms with Crippen LogP contribution in [0.25, 0.3) is 0 Å². The van der Waals surface area contributed by atoms with Gasteiger partial charge in [-0.1, -0.05) is 6.07 Å². The van der Waals surface area contributed by atoms with E-state index in [9.17, 15) is 8.42 Å². The van der Waals surface area contributed by atoms with Crippen molar-refractivity contribution in [3.8, 4) is 11.5 Å². The van der Waals surface area contributed by atoms with Crippen molar-refractivity contribution in [3.05, 3.63) is 46.0 Å². The molecular weight excluding hydrogens is 379 g/mol. The summed E-state index contributed by atoms with van der Waals surface area (Å²) in [5, 5.41) is 5.08. The second kappa shape index (κ2) is 5.35. The number of hydrogen-bond donors (Lipinski definition) is 2. The van der Waals surface area contributed by atoms with Crippen LogP contribution in [0.4, 0.5) is 5.69 Å². The molecule has 0 aliphatic heterocycles. The van der Waals surface area contributed by atoms with E-state index in [1.54, 1.807) is 18.2 Å². The number of primary sulfonamides is 1. The fourth-order valence-corrected chi connectivity index (χ4v) is 2.53. The van der Waals surface area contributed by atoms with Gasteiger partial charge in [-0.25, -0.2) is 13.6 Å². The standard InChI is InChI=1S/C12H11IN2O3S/c13-8-4-6-9(7-5-8)18-10-2-1-3-11(12(10)14)19(15,16)17/h1-7H,14H2,(H2,15,16,17). The maximum atomic E-state index is 11.3. The zero-order valence-electron chi connectivity index (χ0n) is 9.71. The first kappa shape index (κ1) is 14.1. The number of para-hydroxylation sites is 1. The van der Waals surface area contributed by atoms with Crippen molar-refractivity contribution in [2.45, 2.75) is 4.90 Å². The molecule has 5 nitrogen and oxygen atoms in total. The molecule has 2 rings (SSSR count). The first-order chi connectivity index (χ1) is 8.88. The minimum absolute atomic E-state index is 0.00329. The molecule has 0 saturated carbocycles. The second-order valence-electron chi connectivity index (χ2n) is 3.77. The van der Waals surface area contributed by atoms with E-state index in [0.29, 0.717) is 5.75 Å². The van der Waals surface area contributed by atoms with Crippen molar-refractivity contribution >= 4 is 38.3 Å². The third-order valence-electron chi connectivity index (χ3n) is 2.37. The minimum atomic E-state index is -3.86. The Morgan fingerprint density at radius 3 is 2.26 bits per heavy atom. The molecule has 0 amide bonds. The largest absolute Gasteiger partial charge is 0.455 e. The number of benzene rings is 2. The van der Waals surface area contributed by atoms with Gasteiger partial charge < -0.3 is 10.5 Å². The van der Waals surface area contributed by atoms with Gasteiger partial charge in [0, 0.05) is 3.57 Å². The average Bonchev–Trinajstić information content (AvgIpc) is 2.33. The molecule has 4 N–H and O–H groups in total. The lowest BCUT2D eigenvalue weighted by Crippen LogP contribution is -2.14. The van der Waals surface area contributed by atoms with Crippen LogP contribution in [-0.2, 0) is 10.0 Å². The van der Waals surface area contributed by atoms with Gasteiger partial charge in [0.1, 0.15) is 10.6 Å². The molecule has 7 heteroatoms. The number of rotatable bonds is 3. The Morgan fingerprint density at radius 2 is 1.68 bits per heavy atom. The molecule has 2 aromatic rings. The number of anilines is 1. The number of ether oxygens (including phenoxy) is 1.